The normalized spacial score (nSPS) is 15.6. The molecular formula is C22H23Cl2NO3S. The van der Waals surface area contributed by atoms with E-state index in [1.54, 1.807) is 37.3 Å². The van der Waals surface area contributed by atoms with Gasteiger partial charge in [0.25, 0.3) is 0 Å². The summed E-state index contributed by atoms with van der Waals surface area (Å²) in [5, 5.41) is 0.705. The molecule has 1 heterocycles. The summed E-state index contributed by atoms with van der Waals surface area (Å²) in [5.41, 5.74) is 1.07. The highest BCUT2D eigenvalue weighted by molar-refractivity contribution is 7.92. The zero-order valence-corrected chi connectivity index (χ0v) is 18.5. The van der Waals surface area contributed by atoms with Crippen molar-refractivity contribution in [2.75, 3.05) is 19.7 Å². The fraction of sp³-hybridized carbons (Fsp3) is 0.364. The Bertz CT molecular complexity index is 1000. The first-order chi connectivity index (χ1) is 13.9. The number of ether oxygens (including phenoxy) is 1. The van der Waals surface area contributed by atoms with Gasteiger partial charge in [0, 0.05) is 6.54 Å². The van der Waals surface area contributed by atoms with Crippen molar-refractivity contribution >= 4 is 33.0 Å². The van der Waals surface area contributed by atoms with Crippen molar-refractivity contribution in [1.82, 2.24) is 4.90 Å². The minimum atomic E-state index is -3.36. The van der Waals surface area contributed by atoms with Gasteiger partial charge in [0.2, 0.25) is 0 Å². The summed E-state index contributed by atoms with van der Waals surface area (Å²) < 4.78 is 31.4. The van der Waals surface area contributed by atoms with Crippen molar-refractivity contribution in [3.8, 4) is 17.6 Å². The molecule has 7 heteroatoms. The van der Waals surface area contributed by atoms with Gasteiger partial charge < -0.3 is 4.74 Å². The number of sulfone groups is 1. The molecule has 1 aliphatic rings. The summed E-state index contributed by atoms with van der Waals surface area (Å²) in [7, 11) is -3.36. The van der Waals surface area contributed by atoms with E-state index in [4.69, 9.17) is 27.9 Å². The minimum absolute atomic E-state index is 0.292. The summed E-state index contributed by atoms with van der Waals surface area (Å²) in [6.45, 7) is 4.22. The van der Waals surface area contributed by atoms with Gasteiger partial charge in [-0.2, -0.15) is 0 Å². The highest BCUT2D eigenvalue weighted by Gasteiger charge is 2.31. The third-order valence-electron chi connectivity index (χ3n) is 5.00. The Morgan fingerprint density at radius 1 is 1.07 bits per heavy atom. The molecule has 0 atom stereocenters. The summed E-state index contributed by atoms with van der Waals surface area (Å²) in [6, 6.07) is 12.2. The molecule has 1 saturated heterocycles. The number of rotatable bonds is 6. The number of benzene rings is 2. The van der Waals surface area contributed by atoms with Crippen molar-refractivity contribution in [3.63, 3.8) is 0 Å². The zero-order chi connectivity index (χ0) is 20.9. The van der Waals surface area contributed by atoms with Crippen LogP contribution in [0.3, 0.4) is 0 Å². The second-order valence-electron chi connectivity index (χ2n) is 6.96. The fourth-order valence-electron chi connectivity index (χ4n) is 3.38. The second kappa shape index (κ2) is 9.86. The first-order valence-electron chi connectivity index (χ1n) is 9.43. The smallest absolute Gasteiger partial charge is 0.181 e. The predicted molar refractivity (Wildman–Crippen MR) is 117 cm³/mol. The van der Waals surface area contributed by atoms with Crippen molar-refractivity contribution in [1.29, 1.82) is 0 Å². The van der Waals surface area contributed by atoms with Crippen molar-refractivity contribution in [2.45, 2.75) is 36.5 Å². The van der Waals surface area contributed by atoms with Crippen molar-refractivity contribution in [2.24, 2.45) is 0 Å². The highest BCUT2D eigenvalue weighted by Crippen LogP contribution is 2.28. The number of hydrogen-bond acceptors (Lipinski definition) is 4. The average Bonchev–Trinajstić information content (AvgIpc) is 2.72. The average molecular weight is 452 g/mol. The molecule has 0 saturated carbocycles. The molecule has 1 aliphatic heterocycles. The van der Waals surface area contributed by atoms with Gasteiger partial charge in [-0.1, -0.05) is 35.2 Å². The number of nitrogens with zero attached hydrogens (tertiary/aromatic N) is 1. The van der Waals surface area contributed by atoms with Crippen molar-refractivity contribution < 1.29 is 13.2 Å². The lowest BCUT2D eigenvalue weighted by molar-refractivity contribution is 0.222. The van der Waals surface area contributed by atoms with Crippen LogP contribution in [0.1, 0.15) is 25.3 Å². The highest BCUT2D eigenvalue weighted by atomic mass is 35.5. The van der Waals surface area contributed by atoms with Crippen LogP contribution in [-0.4, -0.2) is 38.3 Å². The Kier molecular flexibility index (Phi) is 7.48. The summed E-state index contributed by atoms with van der Waals surface area (Å²) in [6.07, 6.45) is 1.21. The van der Waals surface area contributed by atoms with Gasteiger partial charge in [-0.05, 0) is 74.8 Å². The molecule has 29 heavy (non-hydrogen) atoms. The Morgan fingerprint density at radius 3 is 2.38 bits per heavy atom. The molecule has 0 unspecified atom stereocenters. The van der Waals surface area contributed by atoms with E-state index in [-0.39, 0.29) is 5.25 Å². The maximum Gasteiger partial charge on any atom is 0.181 e. The molecule has 0 aliphatic carbocycles. The maximum absolute atomic E-state index is 13.0. The second-order valence-corrected chi connectivity index (χ2v) is 10.00. The summed E-state index contributed by atoms with van der Waals surface area (Å²) >= 11 is 12.0. The molecule has 4 nitrogen and oxygen atoms in total. The Hall–Kier alpha value is -1.71. The summed E-state index contributed by atoms with van der Waals surface area (Å²) in [4.78, 5) is 2.59. The van der Waals surface area contributed by atoms with Gasteiger partial charge in [-0.3, -0.25) is 4.90 Å². The SMILES string of the molecule is CC#CCOc1ccc(S(=O)(=O)C2CCN(Cc3ccc(Cl)c(Cl)c3)CC2)cc1. The van der Waals surface area contributed by atoms with Crippen LogP contribution in [0.2, 0.25) is 10.0 Å². The largest absolute Gasteiger partial charge is 0.481 e. The monoisotopic (exact) mass is 451 g/mol. The lowest BCUT2D eigenvalue weighted by Crippen LogP contribution is -2.38. The van der Waals surface area contributed by atoms with Crippen LogP contribution in [0.15, 0.2) is 47.4 Å². The van der Waals surface area contributed by atoms with Gasteiger partial charge in [0.1, 0.15) is 12.4 Å². The Morgan fingerprint density at radius 2 is 1.76 bits per heavy atom. The Labute approximate surface area is 182 Å². The lowest BCUT2D eigenvalue weighted by atomic mass is 10.1. The Balaban J connectivity index is 1.58. The van der Waals surface area contributed by atoms with Crippen molar-refractivity contribution in [3.05, 3.63) is 58.1 Å². The van der Waals surface area contributed by atoms with Crippen LogP contribution >= 0.6 is 23.2 Å². The zero-order valence-electron chi connectivity index (χ0n) is 16.2. The molecule has 0 spiro atoms. The molecular weight excluding hydrogens is 429 g/mol. The van der Waals surface area contributed by atoms with Gasteiger partial charge in [-0.25, -0.2) is 8.42 Å². The van der Waals surface area contributed by atoms with Crippen LogP contribution < -0.4 is 4.74 Å². The van der Waals surface area contributed by atoms with Gasteiger partial charge in [-0.15, -0.1) is 5.92 Å². The van der Waals surface area contributed by atoms with Gasteiger partial charge >= 0.3 is 0 Å². The van der Waals surface area contributed by atoms with E-state index in [9.17, 15) is 8.42 Å². The summed E-state index contributed by atoms with van der Waals surface area (Å²) in [5.74, 6) is 6.18. The number of likely N-dealkylation sites (tertiary alicyclic amines) is 1. The van der Waals surface area contributed by atoms with E-state index in [2.05, 4.69) is 16.7 Å². The van der Waals surface area contributed by atoms with Crippen LogP contribution in [0.4, 0.5) is 0 Å². The molecule has 154 valence electrons. The van der Waals surface area contributed by atoms with E-state index in [1.165, 1.54) is 0 Å². The van der Waals surface area contributed by atoms with Gasteiger partial charge in [0.05, 0.1) is 20.2 Å². The first-order valence-corrected chi connectivity index (χ1v) is 11.7. The van der Waals surface area contributed by atoms with E-state index < -0.39 is 9.84 Å². The quantitative estimate of drug-likeness (QED) is 0.589. The van der Waals surface area contributed by atoms with E-state index in [0.717, 1.165) is 25.2 Å². The topological polar surface area (TPSA) is 46.6 Å². The van der Waals surface area contributed by atoms with Crippen LogP contribution in [0, 0.1) is 11.8 Å². The number of hydrogen-bond donors (Lipinski definition) is 0. The predicted octanol–water partition coefficient (Wildman–Crippen LogP) is 4.83. The van der Waals surface area contributed by atoms with Gasteiger partial charge in [0.15, 0.2) is 9.84 Å². The van der Waals surface area contributed by atoms with E-state index >= 15 is 0 Å². The maximum atomic E-state index is 13.0. The van der Waals surface area contributed by atoms with E-state index in [0.29, 0.717) is 40.1 Å². The first kappa shape index (κ1) is 22.0. The molecule has 1 fully saturated rings. The number of piperidine rings is 1. The molecule has 0 radical (unpaired) electrons. The van der Waals surface area contributed by atoms with Crippen LogP contribution in [0.5, 0.6) is 5.75 Å². The molecule has 0 N–H and O–H groups in total. The number of halogens is 2. The van der Waals surface area contributed by atoms with Crippen LogP contribution in [-0.2, 0) is 16.4 Å². The molecule has 3 rings (SSSR count). The third kappa shape index (κ3) is 5.67. The molecule has 0 aromatic heterocycles. The van der Waals surface area contributed by atoms with E-state index in [1.807, 2.05) is 12.1 Å². The fourth-order valence-corrected chi connectivity index (χ4v) is 5.44. The molecule has 0 amide bonds. The standard InChI is InChI=1S/C22H23Cl2NO3S/c1-2-3-14-28-18-5-7-19(8-6-18)29(26,27)20-10-12-25(13-11-20)16-17-4-9-21(23)22(24)15-17/h4-9,15,20H,10-14,16H2,1H3. The lowest BCUT2D eigenvalue weighted by Gasteiger charge is -2.31. The molecule has 2 aromatic carbocycles. The molecule has 0 bridgehead atoms. The van der Waals surface area contributed by atoms with Crippen LogP contribution in [0.25, 0.3) is 0 Å². The third-order valence-corrected chi connectivity index (χ3v) is 8.02. The molecule has 2 aromatic rings. The minimum Gasteiger partial charge on any atom is -0.481 e.